The van der Waals surface area contributed by atoms with Crippen molar-refractivity contribution >= 4 is 12.2 Å². The van der Waals surface area contributed by atoms with Crippen molar-refractivity contribution in [3.63, 3.8) is 0 Å². The Hall–Kier alpha value is -2.06. The van der Waals surface area contributed by atoms with Gasteiger partial charge in [0.05, 0.1) is 19.8 Å². The number of hydrogen-bond donors (Lipinski definition) is 1. The molecule has 0 radical (unpaired) electrons. The number of aryl methyl sites for hydroxylation is 1. The standard InChI is InChI=1S/C32H56N2O6.ClH/c1-3-4-5-6-7-8-9-10-11-12-13-14-15-16-17-21-26-38-28-30(33-31(35)37-2)29-40-32(36)39-27-22-25-34-23-19-18-20-24-34;/h18-20,23-24,30H,3-17,21-22,25-29H2,1-2H3;1H/t30-;/m0./s1. The molecule has 1 atom stereocenters. The summed E-state index contributed by atoms with van der Waals surface area (Å²) in [7, 11) is 1.30. The number of nitrogens with one attached hydrogen (secondary N) is 1. The van der Waals surface area contributed by atoms with Gasteiger partial charge in [0.1, 0.15) is 13.2 Å². The van der Waals surface area contributed by atoms with E-state index in [9.17, 15) is 9.59 Å². The first-order valence-corrected chi connectivity index (χ1v) is 15.8. The predicted octanol–water partition coefficient (Wildman–Crippen LogP) is 4.52. The summed E-state index contributed by atoms with van der Waals surface area (Å²) in [6.45, 7) is 4.08. The summed E-state index contributed by atoms with van der Waals surface area (Å²) in [6.07, 6.45) is 24.5. The molecule has 1 aromatic rings. The highest BCUT2D eigenvalue weighted by Crippen LogP contribution is 2.13. The van der Waals surface area contributed by atoms with Crippen LogP contribution in [0.25, 0.3) is 0 Å². The maximum absolute atomic E-state index is 11.9. The summed E-state index contributed by atoms with van der Waals surface area (Å²) in [6, 6.07) is 5.35. The van der Waals surface area contributed by atoms with Crippen LogP contribution in [0.5, 0.6) is 0 Å². The number of carbonyl (C=O) groups excluding carboxylic acids is 2. The van der Waals surface area contributed by atoms with E-state index < -0.39 is 18.3 Å². The molecule has 1 heterocycles. The molecule has 0 saturated heterocycles. The van der Waals surface area contributed by atoms with Crippen LogP contribution in [-0.4, -0.2) is 51.8 Å². The maximum atomic E-state index is 11.9. The van der Waals surface area contributed by atoms with Gasteiger partial charge in [0.25, 0.3) is 0 Å². The first kappa shape index (κ1) is 38.9. The van der Waals surface area contributed by atoms with E-state index in [1.54, 1.807) is 0 Å². The molecular formula is C32H57ClN2O6. The van der Waals surface area contributed by atoms with Gasteiger partial charge in [-0.25, -0.2) is 14.2 Å². The third kappa shape index (κ3) is 25.4. The Kier molecular flexibility index (Phi) is 28.0. The lowest BCUT2D eigenvalue weighted by atomic mass is 10.0. The molecule has 0 aromatic carbocycles. The molecule has 0 spiro atoms. The number of carbonyl (C=O) groups is 2. The molecule has 0 fully saturated rings. The lowest BCUT2D eigenvalue weighted by Gasteiger charge is -2.18. The van der Waals surface area contributed by atoms with Crippen LogP contribution in [0, 0.1) is 0 Å². The molecule has 9 heteroatoms. The number of hydrogen-bond acceptors (Lipinski definition) is 6. The number of rotatable bonds is 26. The number of alkyl carbamates (subject to hydrolysis) is 1. The van der Waals surface area contributed by atoms with E-state index in [2.05, 4.69) is 17.0 Å². The monoisotopic (exact) mass is 600 g/mol. The van der Waals surface area contributed by atoms with Crippen molar-refractivity contribution in [2.75, 3.05) is 33.5 Å². The number of halogens is 1. The van der Waals surface area contributed by atoms with Gasteiger partial charge in [0, 0.05) is 25.2 Å². The van der Waals surface area contributed by atoms with Gasteiger partial charge in [-0.05, 0) is 6.42 Å². The number of unbranched alkanes of at least 4 members (excludes halogenated alkanes) is 15. The number of nitrogens with zero attached hydrogens (tertiary/aromatic N) is 1. The van der Waals surface area contributed by atoms with Gasteiger partial charge < -0.3 is 36.7 Å². The Morgan fingerprint density at radius 1 is 0.683 bits per heavy atom. The van der Waals surface area contributed by atoms with E-state index in [-0.39, 0.29) is 32.2 Å². The topological polar surface area (TPSA) is 87.0 Å². The minimum Gasteiger partial charge on any atom is -1.00 e. The molecule has 0 aliphatic carbocycles. The van der Waals surface area contributed by atoms with E-state index in [1.807, 2.05) is 35.2 Å². The van der Waals surface area contributed by atoms with Crippen LogP contribution in [0.3, 0.4) is 0 Å². The van der Waals surface area contributed by atoms with Gasteiger partial charge in [-0.15, -0.1) is 0 Å². The second kappa shape index (κ2) is 29.4. The zero-order chi connectivity index (χ0) is 28.9. The lowest BCUT2D eigenvalue weighted by molar-refractivity contribution is -0.697. The molecule has 8 nitrogen and oxygen atoms in total. The molecule has 1 amide bonds. The SMILES string of the molecule is CCCCCCCCCCCCCCCCCCOC[C@@H](COC(=O)OCCC[n+]1ccccc1)NC(=O)OC.[Cl-]. The maximum Gasteiger partial charge on any atom is 0.508 e. The summed E-state index contributed by atoms with van der Waals surface area (Å²) in [5.74, 6) is 0. The summed E-state index contributed by atoms with van der Waals surface area (Å²) in [4.78, 5) is 23.6. The Morgan fingerprint density at radius 2 is 1.22 bits per heavy atom. The molecule has 0 aliphatic rings. The van der Waals surface area contributed by atoms with Crippen molar-refractivity contribution in [3.8, 4) is 0 Å². The van der Waals surface area contributed by atoms with Crippen molar-refractivity contribution in [1.29, 1.82) is 0 Å². The fourth-order valence-electron chi connectivity index (χ4n) is 4.53. The van der Waals surface area contributed by atoms with E-state index in [1.165, 1.54) is 97.0 Å². The van der Waals surface area contributed by atoms with Gasteiger partial charge in [-0.3, -0.25) is 0 Å². The van der Waals surface area contributed by atoms with Crippen LogP contribution < -0.4 is 22.3 Å². The second-order valence-corrected chi connectivity index (χ2v) is 10.6. The Balaban J connectivity index is 0.0000160. The molecule has 0 unspecified atom stereocenters. The zero-order valence-electron chi connectivity index (χ0n) is 25.8. The van der Waals surface area contributed by atoms with Crippen LogP contribution in [0.4, 0.5) is 9.59 Å². The van der Waals surface area contributed by atoms with Crippen molar-refractivity contribution < 1.29 is 45.5 Å². The van der Waals surface area contributed by atoms with Crippen LogP contribution in [0.1, 0.15) is 116 Å². The summed E-state index contributed by atoms with van der Waals surface area (Å²) < 4.78 is 22.7. The summed E-state index contributed by atoms with van der Waals surface area (Å²) >= 11 is 0. The van der Waals surface area contributed by atoms with E-state index >= 15 is 0 Å². The van der Waals surface area contributed by atoms with Crippen LogP contribution in [-0.2, 0) is 25.5 Å². The zero-order valence-corrected chi connectivity index (χ0v) is 26.6. The average Bonchev–Trinajstić information content (AvgIpc) is 2.97. The van der Waals surface area contributed by atoms with Crippen LogP contribution in [0.2, 0.25) is 0 Å². The highest BCUT2D eigenvalue weighted by Gasteiger charge is 2.16. The van der Waals surface area contributed by atoms with Gasteiger partial charge in [0.2, 0.25) is 0 Å². The van der Waals surface area contributed by atoms with Crippen LogP contribution in [0.15, 0.2) is 30.6 Å². The third-order valence-corrected chi connectivity index (χ3v) is 6.93. The number of pyridine rings is 1. The summed E-state index contributed by atoms with van der Waals surface area (Å²) in [5, 5.41) is 2.65. The van der Waals surface area contributed by atoms with Crippen molar-refractivity contribution in [2.24, 2.45) is 0 Å². The molecule has 238 valence electrons. The fraction of sp³-hybridized carbons (Fsp3) is 0.781. The van der Waals surface area contributed by atoms with Crippen molar-refractivity contribution in [2.45, 2.75) is 129 Å². The number of methoxy groups -OCH3 is 1. The number of amides is 1. The van der Waals surface area contributed by atoms with E-state index in [4.69, 9.17) is 14.2 Å². The first-order valence-electron chi connectivity index (χ1n) is 15.8. The molecule has 1 aromatic heterocycles. The molecule has 0 aliphatic heterocycles. The van der Waals surface area contributed by atoms with Crippen LogP contribution >= 0.6 is 0 Å². The third-order valence-electron chi connectivity index (χ3n) is 6.93. The number of ether oxygens (including phenoxy) is 4. The normalized spacial score (nSPS) is 11.4. The second-order valence-electron chi connectivity index (χ2n) is 10.6. The Labute approximate surface area is 255 Å². The van der Waals surface area contributed by atoms with E-state index in [0.29, 0.717) is 13.0 Å². The fourth-order valence-corrected chi connectivity index (χ4v) is 4.53. The largest absolute Gasteiger partial charge is 1.00 e. The predicted molar refractivity (Wildman–Crippen MR) is 158 cm³/mol. The highest BCUT2D eigenvalue weighted by atomic mass is 35.5. The minimum absolute atomic E-state index is 0. The molecule has 41 heavy (non-hydrogen) atoms. The van der Waals surface area contributed by atoms with Gasteiger partial charge in [-0.1, -0.05) is 109 Å². The first-order chi connectivity index (χ1) is 19.7. The lowest BCUT2D eigenvalue weighted by Crippen LogP contribution is -3.00. The number of aromatic nitrogens is 1. The molecule has 1 N–H and O–H groups in total. The average molecular weight is 601 g/mol. The quantitative estimate of drug-likeness (QED) is 0.0956. The van der Waals surface area contributed by atoms with Crippen molar-refractivity contribution in [1.82, 2.24) is 5.32 Å². The molecule has 0 bridgehead atoms. The Bertz CT molecular complexity index is 725. The Morgan fingerprint density at radius 3 is 1.76 bits per heavy atom. The smallest absolute Gasteiger partial charge is 0.508 e. The van der Waals surface area contributed by atoms with Gasteiger partial charge in [0.15, 0.2) is 18.9 Å². The van der Waals surface area contributed by atoms with E-state index in [0.717, 1.165) is 19.4 Å². The summed E-state index contributed by atoms with van der Waals surface area (Å²) in [5.41, 5.74) is 0. The highest BCUT2D eigenvalue weighted by molar-refractivity contribution is 5.67. The minimum atomic E-state index is -0.757. The molecule has 1 rings (SSSR count). The van der Waals surface area contributed by atoms with Gasteiger partial charge >= 0.3 is 12.2 Å². The molecular weight excluding hydrogens is 544 g/mol. The van der Waals surface area contributed by atoms with Gasteiger partial charge in [-0.2, -0.15) is 0 Å². The van der Waals surface area contributed by atoms with Crippen molar-refractivity contribution in [3.05, 3.63) is 30.6 Å². The molecule has 0 saturated carbocycles.